The van der Waals surface area contributed by atoms with E-state index in [1.165, 1.54) is 141 Å². The van der Waals surface area contributed by atoms with Crippen LogP contribution in [0.3, 0.4) is 0 Å². The highest BCUT2D eigenvalue weighted by atomic mass is 16.5. The fourth-order valence-electron chi connectivity index (χ4n) is 4.56. The first kappa shape index (κ1) is 32.2. The summed E-state index contributed by atoms with van der Waals surface area (Å²) in [7, 11) is 0. The van der Waals surface area contributed by atoms with Crippen LogP contribution < -0.4 is 0 Å². The van der Waals surface area contributed by atoms with E-state index in [0.717, 1.165) is 6.42 Å². The molecular weight excluding hydrogens is 404 g/mol. The van der Waals surface area contributed by atoms with E-state index in [1.54, 1.807) is 6.08 Å². The second-order valence-corrected chi connectivity index (χ2v) is 10.3. The van der Waals surface area contributed by atoms with Gasteiger partial charge in [0.25, 0.3) is 0 Å². The normalized spacial score (nSPS) is 12.5. The molecule has 0 aliphatic rings. The smallest absolute Gasteiger partial charge is 0.330 e. The van der Waals surface area contributed by atoms with Gasteiger partial charge in [-0.3, -0.25) is 0 Å². The molecule has 0 aromatic rings. The number of esters is 1. The van der Waals surface area contributed by atoms with Crippen LogP contribution in [0.25, 0.3) is 0 Å². The minimum Gasteiger partial charge on any atom is -0.462 e. The Bertz CT molecular complexity index is 415. The van der Waals surface area contributed by atoms with Gasteiger partial charge in [0.1, 0.15) is 0 Å². The molecule has 196 valence electrons. The average molecular weight is 465 g/mol. The molecule has 0 heterocycles. The van der Waals surface area contributed by atoms with Crippen LogP contribution in [0.5, 0.6) is 0 Å². The van der Waals surface area contributed by atoms with Crippen LogP contribution in [0.1, 0.15) is 168 Å². The zero-order valence-corrected chi connectivity index (χ0v) is 23.0. The fourth-order valence-corrected chi connectivity index (χ4v) is 4.56. The van der Waals surface area contributed by atoms with Gasteiger partial charge in [-0.25, -0.2) is 4.79 Å². The molecule has 0 N–H and O–H groups in total. The summed E-state index contributed by atoms with van der Waals surface area (Å²) < 4.78 is 5.66. The van der Waals surface area contributed by atoms with Crippen molar-refractivity contribution in [1.29, 1.82) is 0 Å². The van der Waals surface area contributed by atoms with E-state index in [9.17, 15) is 4.79 Å². The van der Waals surface area contributed by atoms with E-state index in [0.29, 0.717) is 12.5 Å². The van der Waals surface area contributed by atoms with Gasteiger partial charge in [-0.15, -0.1) is 0 Å². The van der Waals surface area contributed by atoms with Crippen molar-refractivity contribution in [3.8, 4) is 0 Å². The molecule has 0 aromatic carbocycles. The van der Waals surface area contributed by atoms with Crippen LogP contribution >= 0.6 is 0 Å². The summed E-state index contributed by atoms with van der Waals surface area (Å²) in [4.78, 5) is 12.2. The second-order valence-electron chi connectivity index (χ2n) is 10.3. The van der Waals surface area contributed by atoms with Crippen molar-refractivity contribution in [3.63, 3.8) is 0 Å². The molecule has 0 rings (SSSR count). The summed E-state index contributed by atoms with van der Waals surface area (Å²) >= 11 is 0. The third-order valence-corrected chi connectivity index (χ3v) is 6.87. The first-order chi connectivity index (χ1) is 16.2. The molecule has 1 unspecified atom stereocenters. The number of ether oxygens (including phenoxy) is 1. The molecule has 33 heavy (non-hydrogen) atoms. The molecule has 0 spiro atoms. The summed E-state index contributed by atoms with van der Waals surface area (Å²) in [6.07, 6.45) is 33.8. The third kappa shape index (κ3) is 25.7. The lowest BCUT2D eigenvalue weighted by Crippen LogP contribution is -2.13. The molecule has 1 atom stereocenters. The van der Waals surface area contributed by atoms with Gasteiger partial charge < -0.3 is 4.74 Å². The van der Waals surface area contributed by atoms with Crippen LogP contribution in [0.4, 0.5) is 0 Å². The summed E-state index contributed by atoms with van der Waals surface area (Å²) in [5.41, 5.74) is 0. The molecule has 0 amide bonds. The Kier molecular flexibility index (Phi) is 26.8. The molecular formula is C31H60O2. The molecule has 0 aliphatic carbocycles. The topological polar surface area (TPSA) is 26.3 Å². The molecule has 0 saturated carbocycles. The first-order valence-electron chi connectivity index (χ1n) is 15.1. The maximum atomic E-state index is 12.2. The largest absolute Gasteiger partial charge is 0.462 e. The van der Waals surface area contributed by atoms with Crippen LogP contribution in [0, 0.1) is 5.92 Å². The zero-order chi connectivity index (χ0) is 24.2. The Hall–Kier alpha value is -0.790. The molecule has 0 fully saturated rings. The molecule has 0 aliphatic heterocycles. The summed E-state index contributed by atoms with van der Waals surface area (Å²) in [6.45, 7) is 7.42. The number of hydrogen-bond acceptors (Lipinski definition) is 2. The lowest BCUT2D eigenvalue weighted by molar-refractivity contribution is -0.139. The van der Waals surface area contributed by atoms with Crippen molar-refractivity contribution >= 4 is 5.97 Å². The van der Waals surface area contributed by atoms with Gasteiger partial charge in [-0.2, -0.15) is 0 Å². The molecule has 0 bridgehead atoms. The lowest BCUT2D eigenvalue weighted by atomic mass is 9.94. The zero-order valence-electron chi connectivity index (χ0n) is 23.0. The summed E-state index contributed by atoms with van der Waals surface area (Å²) in [5.74, 6) is 0.414. The quantitative estimate of drug-likeness (QED) is 0.0722. The Balaban J connectivity index is 4.05. The van der Waals surface area contributed by atoms with Gasteiger partial charge >= 0.3 is 5.97 Å². The van der Waals surface area contributed by atoms with E-state index in [4.69, 9.17) is 4.74 Å². The third-order valence-electron chi connectivity index (χ3n) is 6.87. The van der Waals surface area contributed by atoms with Crippen molar-refractivity contribution in [2.75, 3.05) is 6.61 Å². The molecule has 2 heteroatoms. The Morgan fingerprint density at radius 2 is 0.970 bits per heavy atom. The number of allylic oxidation sites excluding steroid dienone is 1. The average Bonchev–Trinajstić information content (AvgIpc) is 2.82. The Morgan fingerprint density at radius 1 is 0.576 bits per heavy atom. The van der Waals surface area contributed by atoms with Crippen LogP contribution in [-0.2, 0) is 9.53 Å². The second kappa shape index (κ2) is 27.5. The predicted octanol–water partition coefficient (Wildman–Crippen LogP) is 10.7. The number of unbranched alkanes of at least 4 members (excludes halogenated alkanes) is 18. The highest BCUT2D eigenvalue weighted by Gasteiger charge is 2.11. The van der Waals surface area contributed by atoms with E-state index in [-0.39, 0.29) is 5.97 Å². The van der Waals surface area contributed by atoms with Crippen LogP contribution in [0.2, 0.25) is 0 Å². The van der Waals surface area contributed by atoms with E-state index < -0.39 is 0 Å². The van der Waals surface area contributed by atoms with Gasteiger partial charge in [-0.1, -0.05) is 149 Å². The van der Waals surface area contributed by atoms with Crippen LogP contribution in [0.15, 0.2) is 12.2 Å². The fraction of sp³-hybridized carbons (Fsp3) is 0.903. The Labute approximate surface area is 208 Å². The maximum Gasteiger partial charge on any atom is 0.330 e. The molecule has 0 radical (unpaired) electrons. The number of carbonyl (C=O) groups excluding carboxylic acids is 1. The van der Waals surface area contributed by atoms with Gasteiger partial charge in [0.05, 0.1) is 6.61 Å². The molecule has 2 nitrogen and oxygen atoms in total. The van der Waals surface area contributed by atoms with Gasteiger partial charge in [0.2, 0.25) is 0 Å². The van der Waals surface area contributed by atoms with Gasteiger partial charge in [-0.05, 0) is 31.6 Å². The number of hydrogen-bond donors (Lipinski definition) is 0. The summed E-state index contributed by atoms with van der Waals surface area (Å²) in [5, 5.41) is 0. The van der Waals surface area contributed by atoms with E-state index >= 15 is 0 Å². The van der Waals surface area contributed by atoms with Crippen molar-refractivity contribution in [2.45, 2.75) is 168 Å². The lowest BCUT2D eigenvalue weighted by Gasteiger charge is -2.16. The van der Waals surface area contributed by atoms with Crippen molar-refractivity contribution in [1.82, 2.24) is 0 Å². The standard InChI is InChI=1S/C31H60O2/c1-4-7-10-13-16-18-21-24-27-30(26-23-20-15-12-9-6-3)29-33-31(32)28-25-22-19-17-14-11-8-5-2/h25,28,30H,4-24,26-27,29H2,1-3H3. The predicted molar refractivity (Wildman–Crippen MR) is 147 cm³/mol. The minimum atomic E-state index is -0.134. The minimum absolute atomic E-state index is 0.134. The van der Waals surface area contributed by atoms with E-state index in [2.05, 4.69) is 20.8 Å². The van der Waals surface area contributed by atoms with Gasteiger partial charge in [0.15, 0.2) is 0 Å². The van der Waals surface area contributed by atoms with Crippen molar-refractivity contribution in [2.24, 2.45) is 5.92 Å². The SMILES string of the molecule is CCCCCCCCC=CC(=O)OCC(CCCCCCCC)CCCCCCCCCC. The summed E-state index contributed by atoms with van der Waals surface area (Å²) in [6, 6.07) is 0. The number of carbonyl (C=O) groups is 1. The van der Waals surface area contributed by atoms with E-state index in [1.807, 2.05) is 6.08 Å². The first-order valence-corrected chi connectivity index (χ1v) is 15.1. The van der Waals surface area contributed by atoms with Crippen molar-refractivity contribution in [3.05, 3.63) is 12.2 Å². The highest BCUT2D eigenvalue weighted by Crippen LogP contribution is 2.20. The highest BCUT2D eigenvalue weighted by molar-refractivity contribution is 5.81. The number of rotatable bonds is 26. The monoisotopic (exact) mass is 464 g/mol. The molecule has 0 aromatic heterocycles. The van der Waals surface area contributed by atoms with Crippen LogP contribution in [-0.4, -0.2) is 12.6 Å². The van der Waals surface area contributed by atoms with Gasteiger partial charge in [0, 0.05) is 6.08 Å². The Morgan fingerprint density at radius 3 is 1.42 bits per heavy atom. The maximum absolute atomic E-state index is 12.2. The molecule has 0 saturated heterocycles. The van der Waals surface area contributed by atoms with Crippen molar-refractivity contribution < 1.29 is 9.53 Å².